The molecule has 1 aromatic carbocycles. The molecule has 4 nitrogen and oxygen atoms in total. The smallest absolute Gasteiger partial charge is 0.416 e. The summed E-state index contributed by atoms with van der Waals surface area (Å²) < 4.78 is 46.0. The quantitative estimate of drug-likeness (QED) is 0.602. The van der Waals surface area contributed by atoms with Gasteiger partial charge in [0.1, 0.15) is 0 Å². The third kappa shape index (κ3) is 5.05. The van der Waals surface area contributed by atoms with Crippen LogP contribution in [0.5, 0.6) is 5.19 Å². The van der Waals surface area contributed by atoms with Crippen molar-refractivity contribution in [1.29, 1.82) is 0 Å². The fourth-order valence-corrected chi connectivity index (χ4v) is 3.61. The second kappa shape index (κ2) is 7.66. The van der Waals surface area contributed by atoms with Crippen molar-refractivity contribution in [3.05, 3.63) is 39.3 Å². The first-order chi connectivity index (χ1) is 12.2. The van der Waals surface area contributed by atoms with Gasteiger partial charge < -0.3 is 4.74 Å². The third-order valence-electron chi connectivity index (χ3n) is 3.97. The molecule has 0 spiro atoms. The van der Waals surface area contributed by atoms with E-state index >= 15 is 0 Å². The predicted molar refractivity (Wildman–Crippen MR) is 96.7 cm³/mol. The highest BCUT2D eigenvalue weighted by Crippen LogP contribution is 2.32. The molecule has 1 heterocycles. The highest BCUT2D eigenvalue weighted by atomic mass is 32.1. The van der Waals surface area contributed by atoms with Crippen molar-refractivity contribution in [2.45, 2.75) is 58.2 Å². The fraction of sp³-hybridized carbons (Fsp3) is 0.529. The highest BCUT2D eigenvalue weighted by molar-refractivity contribution is 7.73. The van der Waals surface area contributed by atoms with Gasteiger partial charge in [-0.25, -0.2) is 4.68 Å². The molecule has 1 saturated carbocycles. The summed E-state index contributed by atoms with van der Waals surface area (Å²) >= 11 is 6.68. The van der Waals surface area contributed by atoms with Gasteiger partial charge >= 0.3 is 6.18 Å². The van der Waals surface area contributed by atoms with Crippen molar-refractivity contribution in [2.75, 3.05) is 0 Å². The van der Waals surface area contributed by atoms with Crippen LogP contribution in [0, 0.1) is 3.95 Å². The lowest BCUT2D eigenvalue weighted by Gasteiger charge is -2.22. The Labute approximate surface area is 159 Å². The minimum atomic E-state index is -4.31. The molecule has 0 amide bonds. The monoisotopic (exact) mass is 403 g/mol. The van der Waals surface area contributed by atoms with Crippen LogP contribution in [0.1, 0.15) is 37.8 Å². The Morgan fingerprint density at radius 2 is 1.96 bits per heavy atom. The van der Waals surface area contributed by atoms with Crippen LogP contribution in [0.25, 0.3) is 0 Å². The summed E-state index contributed by atoms with van der Waals surface area (Å²) in [6, 6.07) is 5.74. The molecule has 0 radical (unpaired) electrons. The molecule has 0 aliphatic heterocycles. The molecule has 2 aromatic rings. The standard InChI is InChI=1S/C17H20F3N3OS2/c1-11(2)24-15-21-23(16(25)26-15)10-22(14-7-8-14)9-12-3-5-13(6-4-12)17(18,19)20/h3-6,11,14H,7-10H2,1-2H3. The lowest BCUT2D eigenvalue weighted by atomic mass is 10.1. The zero-order valence-electron chi connectivity index (χ0n) is 14.5. The molecule has 1 aromatic heterocycles. The Morgan fingerprint density at radius 1 is 1.31 bits per heavy atom. The Hall–Kier alpha value is -1.45. The van der Waals surface area contributed by atoms with Crippen LogP contribution in [-0.2, 0) is 19.4 Å². The topological polar surface area (TPSA) is 30.3 Å². The van der Waals surface area contributed by atoms with Crippen molar-refractivity contribution >= 4 is 23.6 Å². The second-order valence-electron chi connectivity index (χ2n) is 6.61. The Morgan fingerprint density at radius 3 is 2.50 bits per heavy atom. The van der Waals surface area contributed by atoms with Crippen molar-refractivity contribution < 1.29 is 17.9 Å². The summed E-state index contributed by atoms with van der Waals surface area (Å²) in [5.41, 5.74) is 0.210. The number of hydrogen-bond donors (Lipinski definition) is 0. The van der Waals surface area contributed by atoms with Crippen LogP contribution in [-0.4, -0.2) is 26.8 Å². The molecule has 0 saturated heterocycles. The molecule has 26 heavy (non-hydrogen) atoms. The van der Waals surface area contributed by atoms with Gasteiger partial charge in [0.05, 0.1) is 18.3 Å². The first-order valence-corrected chi connectivity index (χ1v) is 9.59. The summed E-state index contributed by atoms with van der Waals surface area (Å²) in [6.45, 7) is 4.91. The first kappa shape index (κ1) is 19.3. The maximum atomic E-state index is 12.7. The first-order valence-electron chi connectivity index (χ1n) is 8.37. The third-order valence-corrected chi connectivity index (χ3v) is 5.17. The summed E-state index contributed by atoms with van der Waals surface area (Å²) in [7, 11) is 0. The van der Waals surface area contributed by atoms with E-state index in [0.717, 1.165) is 30.5 Å². The van der Waals surface area contributed by atoms with E-state index in [1.54, 1.807) is 4.68 Å². The molecule has 3 rings (SSSR count). The van der Waals surface area contributed by atoms with Crippen LogP contribution in [0.3, 0.4) is 0 Å². The van der Waals surface area contributed by atoms with Crippen molar-refractivity contribution in [2.24, 2.45) is 0 Å². The van der Waals surface area contributed by atoms with Crippen LogP contribution in [0.2, 0.25) is 0 Å². The molecule has 1 fully saturated rings. The fourth-order valence-electron chi connectivity index (χ4n) is 2.57. The zero-order valence-corrected chi connectivity index (χ0v) is 16.1. The summed E-state index contributed by atoms with van der Waals surface area (Å²) in [5.74, 6) is 0. The molecule has 0 atom stereocenters. The minimum absolute atomic E-state index is 0.0238. The van der Waals surface area contributed by atoms with E-state index in [1.165, 1.54) is 23.5 Å². The van der Waals surface area contributed by atoms with E-state index in [4.69, 9.17) is 17.0 Å². The lowest BCUT2D eigenvalue weighted by Crippen LogP contribution is -2.29. The van der Waals surface area contributed by atoms with Gasteiger partial charge in [-0.2, -0.15) is 13.2 Å². The normalized spacial score (nSPS) is 15.0. The number of hydrogen-bond acceptors (Lipinski definition) is 5. The molecule has 9 heteroatoms. The van der Waals surface area contributed by atoms with Crippen molar-refractivity contribution in [1.82, 2.24) is 14.7 Å². The van der Waals surface area contributed by atoms with Gasteiger partial charge in [0.25, 0.3) is 5.19 Å². The molecular weight excluding hydrogens is 383 g/mol. The zero-order chi connectivity index (χ0) is 18.9. The number of aromatic nitrogens is 2. The van der Waals surface area contributed by atoms with E-state index in [2.05, 4.69) is 10.00 Å². The van der Waals surface area contributed by atoms with Gasteiger partial charge in [0.2, 0.25) is 0 Å². The van der Waals surface area contributed by atoms with E-state index in [1.807, 2.05) is 13.8 Å². The van der Waals surface area contributed by atoms with Crippen LogP contribution in [0.15, 0.2) is 24.3 Å². The van der Waals surface area contributed by atoms with Gasteiger partial charge in [-0.15, -0.1) is 5.10 Å². The van der Waals surface area contributed by atoms with Crippen molar-refractivity contribution in [3.8, 4) is 5.19 Å². The summed E-state index contributed by atoms with van der Waals surface area (Å²) in [4.78, 5) is 2.19. The molecule has 1 aliphatic carbocycles. The lowest BCUT2D eigenvalue weighted by molar-refractivity contribution is -0.137. The number of alkyl halides is 3. The summed E-state index contributed by atoms with van der Waals surface area (Å²) in [6.07, 6.45) is -2.13. The Kier molecular flexibility index (Phi) is 5.69. The van der Waals surface area contributed by atoms with Gasteiger partial charge in [0.15, 0.2) is 3.95 Å². The highest BCUT2D eigenvalue weighted by Gasteiger charge is 2.31. The van der Waals surface area contributed by atoms with Gasteiger partial charge in [0, 0.05) is 12.6 Å². The number of halogens is 3. The van der Waals surface area contributed by atoms with Gasteiger partial charge in [-0.05, 0) is 67.9 Å². The van der Waals surface area contributed by atoms with Gasteiger partial charge in [-0.3, -0.25) is 4.90 Å². The van der Waals surface area contributed by atoms with Gasteiger partial charge in [-0.1, -0.05) is 12.1 Å². The minimum Gasteiger partial charge on any atom is -0.466 e. The SMILES string of the molecule is CC(C)Oc1nn(CN(Cc2ccc(C(F)(F)F)cc2)C2CC2)c(=S)s1. The maximum absolute atomic E-state index is 12.7. The second-order valence-corrected chi connectivity index (χ2v) is 8.20. The van der Waals surface area contributed by atoms with E-state index in [9.17, 15) is 13.2 Å². The molecule has 0 N–H and O–H groups in total. The van der Waals surface area contributed by atoms with E-state index < -0.39 is 11.7 Å². The number of nitrogens with zero attached hydrogens (tertiary/aromatic N) is 3. The van der Waals surface area contributed by atoms with Crippen LogP contribution in [0.4, 0.5) is 13.2 Å². The molecule has 1 aliphatic rings. The molecule has 142 valence electrons. The molecular formula is C17H20F3N3OS2. The van der Waals surface area contributed by atoms with E-state index in [-0.39, 0.29) is 6.10 Å². The van der Waals surface area contributed by atoms with Crippen molar-refractivity contribution in [3.63, 3.8) is 0 Å². The number of rotatable bonds is 7. The molecule has 0 unspecified atom stereocenters. The summed E-state index contributed by atoms with van der Waals surface area (Å²) in [5, 5.41) is 4.94. The number of benzene rings is 1. The molecule has 0 bridgehead atoms. The van der Waals surface area contributed by atoms with E-state index in [0.29, 0.717) is 28.4 Å². The Bertz CT molecular complexity index is 795. The maximum Gasteiger partial charge on any atom is 0.416 e. The largest absolute Gasteiger partial charge is 0.466 e. The average molecular weight is 403 g/mol. The predicted octanol–water partition coefficient (Wildman–Crippen LogP) is 5.10. The number of ether oxygens (including phenoxy) is 1. The van der Waals surface area contributed by atoms with Crippen LogP contribution >= 0.6 is 23.6 Å². The van der Waals surface area contributed by atoms with Crippen LogP contribution < -0.4 is 4.74 Å². The average Bonchev–Trinajstić information content (AvgIpc) is 3.32. The Balaban J connectivity index is 1.70.